The van der Waals surface area contributed by atoms with Crippen LogP contribution in [-0.4, -0.2) is 30.5 Å². The lowest BCUT2D eigenvalue weighted by molar-refractivity contribution is -0.114. The monoisotopic (exact) mass is 369 g/mol. The van der Waals surface area contributed by atoms with Gasteiger partial charge in [-0.05, 0) is 36.4 Å². The maximum atomic E-state index is 12.2. The third kappa shape index (κ3) is 4.19. The molecule has 0 saturated carbocycles. The quantitative estimate of drug-likeness (QED) is 0.527. The second-order valence-corrected chi connectivity index (χ2v) is 7.00. The Hall–Kier alpha value is -3.33. The minimum absolute atomic E-state index is 0.0216. The first-order valence-electron chi connectivity index (χ1n) is 7.58. The van der Waals surface area contributed by atoms with Gasteiger partial charge in [0.25, 0.3) is 10.0 Å². The standard InChI is InChI=1S/C17H15N5O3S/c1-12(23)20-13-6-8-15(9-7-13)26(24,25)22-19-11-14-10-18-16-4-2-3-5-17(16)21-14/h2-11,22H,1H3,(H,20,23)/b19-11+. The van der Waals surface area contributed by atoms with E-state index < -0.39 is 10.0 Å². The van der Waals surface area contributed by atoms with Gasteiger partial charge in [0.05, 0.1) is 28.3 Å². The van der Waals surface area contributed by atoms with Gasteiger partial charge in [-0.2, -0.15) is 13.5 Å². The SMILES string of the molecule is CC(=O)Nc1ccc(S(=O)(=O)N/N=C/c2cnc3ccccc3n2)cc1. The fourth-order valence-electron chi connectivity index (χ4n) is 2.17. The zero-order chi connectivity index (χ0) is 18.6. The highest BCUT2D eigenvalue weighted by atomic mass is 32.2. The van der Waals surface area contributed by atoms with Gasteiger partial charge in [0.1, 0.15) is 5.69 Å². The number of carbonyl (C=O) groups excluding carboxylic acids is 1. The lowest BCUT2D eigenvalue weighted by Crippen LogP contribution is -2.18. The van der Waals surface area contributed by atoms with Crippen molar-refractivity contribution in [3.63, 3.8) is 0 Å². The van der Waals surface area contributed by atoms with Crippen molar-refractivity contribution >= 4 is 38.9 Å². The highest BCUT2D eigenvalue weighted by Crippen LogP contribution is 2.14. The van der Waals surface area contributed by atoms with E-state index in [1.165, 1.54) is 43.6 Å². The summed E-state index contributed by atoms with van der Waals surface area (Å²) in [5, 5.41) is 6.30. The van der Waals surface area contributed by atoms with E-state index in [-0.39, 0.29) is 10.8 Å². The molecular weight excluding hydrogens is 354 g/mol. The predicted octanol–water partition coefficient (Wildman–Crippen LogP) is 1.90. The number of nitrogens with one attached hydrogen (secondary N) is 2. The van der Waals surface area contributed by atoms with Crippen molar-refractivity contribution in [3.05, 3.63) is 60.4 Å². The third-order valence-electron chi connectivity index (χ3n) is 3.32. The summed E-state index contributed by atoms with van der Waals surface area (Å²) < 4.78 is 24.4. The summed E-state index contributed by atoms with van der Waals surface area (Å²) in [7, 11) is -3.83. The van der Waals surface area contributed by atoms with E-state index in [0.717, 1.165) is 5.52 Å². The summed E-state index contributed by atoms with van der Waals surface area (Å²) in [6.07, 6.45) is 2.78. The first-order chi connectivity index (χ1) is 12.4. The second kappa shape index (κ2) is 7.28. The largest absolute Gasteiger partial charge is 0.326 e. The van der Waals surface area contributed by atoms with Crippen LogP contribution in [0.15, 0.2) is 64.7 Å². The van der Waals surface area contributed by atoms with Gasteiger partial charge < -0.3 is 5.32 Å². The zero-order valence-corrected chi connectivity index (χ0v) is 14.6. The molecule has 0 bridgehead atoms. The molecule has 8 nitrogen and oxygen atoms in total. The number of hydrogen-bond acceptors (Lipinski definition) is 6. The molecule has 2 aromatic carbocycles. The molecule has 9 heteroatoms. The highest BCUT2D eigenvalue weighted by Gasteiger charge is 2.12. The topological polar surface area (TPSA) is 113 Å². The number of rotatable bonds is 5. The molecule has 1 aromatic heterocycles. The van der Waals surface area contributed by atoms with Crippen LogP contribution in [-0.2, 0) is 14.8 Å². The van der Waals surface area contributed by atoms with Gasteiger partial charge in [-0.1, -0.05) is 12.1 Å². The van der Waals surface area contributed by atoms with Crippen molar-refractivity contribution < 1.29 is 13.2 Å². The first kappa shape index (κ1) is 17.5. The molecule has 1 heterocycles. The molecule has 0 aliphatic carbocycles. The summed E-state index contributed by atoms with van der Waals surface area (Å²) in [5.41, 5.74) is 2.36. The number of aromatic nitrogens is 2. The zero-order valence-electron chi connectivity index (χ0n) is 13.7. The molecule has 0 spiro atoms. The Morgan fingerprint density at radius 3 is 2.46 bits per heavy atom. The smallest absolute Gasteiger partial charge is 0.276 e. The molecule has 3 aromatic rings. The van der Waals surface area contributed by atoms with E-state index in [1.807, 2.05) is 18.2 Å². The molecule has 2 N–H and O–H groups in total. The van der Waals surface area contributed by atoms with Crippen molar-refractivity contribution in [3.8, 4) is 0 Å². The fourth-order valence-corrected chi connectivity index (χ4v) is 2.96. The average molecular weight is 369 g/mol. The van der Waals surface area contributed by atoms with Crippen molar-refractivity contribution in [1.29, 1.82) is 0 Å². The number of fused-ring (bicyclic) bond motifs is 1. The van der Waals surface area contributed by atoms with Crippen molar-refractivity contribution in [2.75, 3.05) is 5.32 Å². The van der Waals surface area contributed by atoms with Gasteiger partial charge in [-0.15, -0.1) is 0 Å². The Labute approximate surface area is 150 Å². The number of carbonyl (C=O) groups is 1. The second-order valence-electron chi connectivity index (χ2n) is 5.34. The van der Waals surface area contributed by atoms with Crippen LogP contribution in [0.5, 0.6) is 0 Å². The van der Waals surface area contributed by atoms with Crippen LogP contribution in [0.25, 0.3) is 11.0 Å². The van der Waals surface area contributed by atoms with E-state index in [4.69, 9.17) is 0 Å². The summed E-state index contributed by atoms with van der Waals surface area (Å²) in [6, 6.07) is 13.1. The first-order valence-corrected chi connectivity index (χ1v) is 9.07. The average Bonchev–Trinajstić information content (AvgIpc) is 2.61. The van der Waals surface area contributed by atoms with Gasteiger partial charge in [-0.25, -0.2) is 9.82 Å². The molecule has 0 saturated heterocycles. The molecule has 0 unspecified atom stereocenters. The molecule has 0 atom stereocenters. The Morgan fingerprint density at radius 1 is 1.08 bits per heavy atom. The van der Waals surface area contributed by atoms with Gasteiger partial charge in [-0.3, -0.25) is 9.78 Å². The number of anilines is 1. The molecule has 26 heavy (non-hydrogen) atoms. The van der Waals surface area contributed by atoms with Crippen LogP contribution in [0.2, 0.25) is 0 Å². The van der Waals surface area contributed by atoms with Crippen LogP contribution >= 0.6 is 0 Å². The number of sulfonamides is 1. The van der Waals surface area contributed by atoms with Crippen LogP contribution in [0, 0.1) is 0 Å². The summed E-state index contributed by atoms with van der Waals surface area (Å²) in [6.45, 7) is 1.37. The summed E-state index contributed by atoms with van der Waals surface area (Å²) in [5.74, 6) is -0.236. The van der Waals surface area contributed by atoms with Crippen LogP contribution < -0.4 is 10.1 Å². The number of amides is 1. The molecular formula is C17H15N5O3S. The van der Waals surface area contributed by atoms with Crippen LogP contribution in [0.3, 0.4) is 0 Å². The molecule has 132 valence electrons. The van der Waals surface area contributed by atoms with Crippen molar-refractivity contribution in [2.24, 2.45) is 5.10 Å². The Kier molecular flexibility index (Phi) is 4.90. The van der Waals surface area contributed by atoms with Crippen molar-refractivity contribution in [2.45, 2.75) is 11.8 Å². The van der Waals surface area contributed by atoms with Gasteiger partial charge in [0.2, 0.25) is 5.91 Å². The number of hydrogen-bond donors (Lipinski definition) is 2. The highest BCUT2D eigenvalue weighted by molar-refractivity contribution is 7.89. The summed E-state index contributed by atoms with van der Waals surface area (Å²) in [4.78, 5) is 21.7. The van der Waals surface area contributed by atoms with E-state index >= 15 is 0 Å². The summed E-state index contributed by atoms with van der Waals surface area (Å²) >= 11 is 0. The van der Waals surface area contributed by atoms with Crippen molar-refractivity contribution in [1.82, 2.24) is 14.8 Å². The van der Waals surface area contributed by atoms with E-state index in [0.29, 0.717) is 16.9 Å². The van der Waals surface area contributed by atoms with E-state index in [1.54, 1.807) is 6.07 Å². The maximum Gasteiger partial charge on any atom is 0.276 e. The third-order valence-corrected chi connectivity index (χ3v) is 4.56. The minimum atomic E-state index is -3.83. The van der Waals surface area contributed by atoms with E-state index in [2.05, 4.69) is 25.2 Å². The van der Waals surface area contributed by atoms with Gasteiger partial charge >= 0.3 is 0 Å². The number of hydrazone groups is 1. The predicted molar refractivity (Wildman–Crippen MR) is 98.2 cm³/mol. The van der Waals surface area contributed by atoms with Gasteiger partial charge in [0.15, 0.2) is 0 Å². The number of nitrogens with zero attached hydrogens (tertiary/aromatic N) is 3. The number of para-hydroxylation sites is 2. The van der Waals surface area contributed by atoms with E-state index in [9.17, 15) is 13.2 Å². The molecule has 3 rings (SSSR count). The molecule has 0 aliphatic rings. The van der Waals surface area contributed by atoms with Crippen LogP contribution in [0.4, 0.5) is 5.69 Å². The lowest BCUT2D eigenvalue weighted by Gasteiger charge is -2.05. The normalized spacial score (nSPS) is 11.6. The lowest BCUT2D eigenvalue weighted by atomic mass is 10.3. The Balaban J connectivity index is 1.72. The Bertz CT molecular complexity index is 1080. The maximum absolute atomic E-state index is 12.2. The molecule has 0 radical (unpaired) electrons. The molecule has 0 aliphatic heterocycles. The molecule has 1 amide bonds. The minimum Gasteiger partial charge on any atom is -0.326 e. The van der Waals surface area contributed by atoms with Gasteiger partial charge in [0, 0.05) is 12.6 Å². The Morgan fingerprint density at radius 2 is 1.77 bits per heavy atom. The fraction of sp³-hybridized carbons (Fsp3) is 0.0588. The van der Waals surface area contributed by atoms with Crippen LogP contribution in [0.1, 0.15) is 12.6 Å². The number of benzene rings is 2. The molecule has 0 fully saturated rings.